The first kappa shape index (κ1) is 12.6. The number of hydrogen-bond donors (Lipinski definition) is 0. The van der Waals surface area contributed by atoms with Crippen LogP contribution in [-0.2, 0) is 16.0 Å². The molecule has 2 aliphatic rings. The zero-order chi connectivity index (χ0) is 12.4. The summed E-state index contributed by atoms with van der Waals surface area (Å²) < 4.78 is 14.9. The van der Waals surface area contributed by atoms with Crippen LogP contribution < -0.4 is 0 Å². The van der Waals surface area contributed by atoms with Gasteiger partial charge in [-0.3, -0.25) is 4.68 Å². The molecule has 100 valence electrons. The molecule has 0 N–H and O–H groups in total. The molecule has 1 saturated carbocycles. The third kappa shape index (κ3) is 2.78. The van der Waals surface area contributed by atoms with Gasteiger partial charge < -0.3 is 9.47 Å². The van der Waals surface area contributed by atoms with Crippen molar-refractivity contribution in [3.8, 4) is 0 Å². The maximum absolute atomic E-state index is 6.23. The average molecular weight is 315 g/mol. The summed E-state index contributed by atoms with van der Waals surface area (Å²) in [4.78, 5) is 0. The van der Waals surface area contributed by atoms with Gasteiger partial charge in [-0.05, 0) is 54.5 Å². The Morgan fingerprint density at radius 1 is 1.44 bits per heavy atom. The van der Waals surface area contributed by atoms with Crippen molar-refractivity contribution >= 4 is 15.9 Å². The summed E-state index contributed by atoms with van der Waals surface area (Å²) in [6.07, 6.45) is 10.7. The Morgan fingerprint density at radius 2 is 2.33 bits per heavy atom. The number of hydrogen-bond acceptors (Lipinski definition) is 3. The second-order valence-corrected chi connectivity index (χ2v) is 6.22. The number of rotatable bonds is 4. The van der Waals surface area contributed by atoms with Crippen molar-refractivity contribution in [1.29, 1.82) is 0 Å². The molecule has 1 aliphatic heterocycles. The van der Waals surface area contributed by atoms with E-state index in [9.17, 15) is 0 Å². The van der Waals surface area contributed by atoms with Crippen molar-refractivity contribution in [2.24, 2.45) is 0 Å². The molecule has 18 heavy (non-hydrogen) atoms. The van der Waals surface area contributed by atoms with E-state index in [0.717, 1.165) is 36.9 Å². The van der Waals surface area contributed by atoms with E-state index in [0.29, 0.717) is 0 Å². The van der Waals surface area contributed by atoms with Gasteiger partial charge in [0.15, 0.2) is 6.29 Å². The molecular formula is C13H19BrN2O2. The van der Waals surface area contributed by atoms with Crippen LogP contribution in [0.5, 0.6) is 0 Å². The minimum atomic E-state index is -0.0481. The van der Waals surface area contributed by atoms with Crippen molar-refractivity contribution in [1.82, 2.24) is 9.78 Å². The van der Waals surface area contributed by atoms with Gasteiger partial charge in [-0.2, -0.15) is 5.10 Å². The van der Waals surface area contributed by atoms with E-state index in [2.05, 4.69) is 21.0 Å². The van der Waals surface area contributed by atoms with Crippen LogP contribution in [0.2, 0.25) is 0 Å². The highest BCUT2D eigenvalue weighted by atomic mass is 79.9. The molecule has 1 aromatic heterocycles. The first-order chi connectivity index (χ1) is 8.76. The monoisotopic (exact) mass is 314 g/mol. The van der Waals surface area contributed by atoms with E-state index in [4.69, 9.17) is 9.47 Å². The molecule has 5 heteroatoms. The molecule has 2 heterocycles. The van der Waals surface area contributed by atoms with Gasteiger partial charge in [0.05, 0.1) is 22.8 Å². The van der Waals surface area contributed by atoms with Gasteiger partial charge in [0.1, 0.15) is 0 Å². The van der Waals surface area contributed by atoms with E-state index in [-0.39, 0.29) is 11.9 Å². The van der Waals surface area contributed by atoms with E-state index in [1.165, 1.54) is 19.3 Å². The summed E-state index contributed by atoms with van der Waals surface area (Å²) in [5.74, 6) is 0. The van der Waals surface area contributed by atoms with Gasteiger partial charge in [-0.1, -0.05) is 0 Å². The molecule has 2 fully saturated rings. The second kappa shape index (κ2) is 5.31. The lowest BCUT2D eigenvalue weighted by atomic mass is 9.80. The van der Waals surface area contributed by atoms with Crippen LogP contribution in [0.1, 0.15) is 38.5 Å². The van der Waals surface area contributed by atoms with Crippen molar-refractivity contribution in [3.63, 3.8) is 0 Å². The molecule has 0 amide bonds. The number of aromatic nitrogens is 2. The van der Waals surface area contributed by atoms with Crippen LogP contribution >= 0.6 is 15.9 Å². The molecule has 1 aliphatic carbocycles. The number of ether oxygens (including phenoxy) is 2. The molecule has 0 radical (unpaired) electrons. The summed E-state index contributed by atoms with van der Waals surface area (Å²) in [6.45, 7) is 1.67. The zero-order valence-electron chi connectivity index (χ0n) is 10.5. The summed E-state index contributed by atoms with van der Waals surface area (Å²) in [7, 11) is 0. The van der Waals surface area contributed by atoms with Gasteiger partial charge in [0, 0.05) is 12.8 Å². The third-order valence-corrected chi connectivity index (χ3v) is 4.25. The molecule has 4 nitrogen and oxygen atoms in total. The lowest BCUT2D eigenvalue weighted by Crippen LogP contribution is -2.47. The SMILES string of the molecule is Brc1cnn(CC2(OC3CCCCO3)CCC2)c1. The van der Waals surface area contributed by atoms with Crippen LogP contribution in [0.15, 0.2) is 16.9 Å². The number of nitrogens with zero attached hydrogens (tertiary/aromatic N) is 2. The van der Waals surface area contributed by atoms with Crippen molar-refractivity contribution in [3.05, 3.63) is 16.9 Å². The van der Waals surface area contributed by atoms with Crippen LogP contribution in [0.25, 0.3) is 0 Å². The van der Waals surface area contributed by atoms with Crippen LogP contribution in [0.3, 0.4) is 0 Å². The normalized spacial score (nSPS) is 26.8. The Balaban J connectivity index is 1.62. The molecule has 0 aromatic carbocycles. The first-order valence-corrected chi connectivity index (χ1v) is 7.53. The van der Waals surface area contributed by atoms with Gasteiger partial charge in [-0.15, -0.1) is 0 Å². The smallest absolute Gasteiger partial charge is 0.158 e. The quantitative estimate of drug-likeness (QED) is 0.856. The predicted molar refractivity (Wildman–Crippen MR) is 71.2 cm³/mol. The molecule has 1 unspecified atom stereocenters. The fraction of sp³-hybridized carbons (Fsp3) is 0.769. The van der Waals surface area contributed by atoms with E-state index >= 15 is 0 Å². The highest BCUT2D eigenvalue weighted by Crippen LogP contribution is 2.39. The summed E-state index contributed by atoms with van der Waals surface area (Å²) >= 11 is 3.43. The van der Waals surface area contributed by atoms with Crippen molar-refractivity contribution in [2.75, 3.05) is 6.61 Å². The molecule has 3 rings (SSSR count). The van der Waals surface area contributed by atoms with Crippen LogP contribution in [-0.4, -0.2) is 28.3 Å². The standard InChI is InChI=1S/C13H19BrN2O2/c14-11-8-15-16(9-11)10-13(5-3-6-13)18-12-4-1-2-7-17-12/h8-9,12H,1-7,10H2. The first-order valence-electron chi connectivity index (χ1n) is 6.73. The molecular weight excluding hydrogens is 296 g/mol. The fourth-order valence-electron chi connectivity index (χ4n) is 2.69. The molecule has 1 atom stereocenters. The maximum Gasteiger partial charge on any atom is 0.158 e. The topological polar surface area (TPSA) is 36.3 Å². The Labute approximate surface area is 116 Å². The Kier molecular flexibility index (Phi) is 3.73. The zero-order valence-corrected chi connectivity index (χ0v) is 12.1. The molecule has 0 bridgehead atoms. The highest BCUT2D eigenvalue weighted by Gasteiger charge is 2.41. The molecule has 1 saturated heterocycles. The van der Waals surface area contributed by atoms with Crippen LogP contribution in [0.4, 0.5) is 0 Å². The highest BCUT2D eigenvalue weighted by molar-refractivity contribution is 9.10. The summed E-state index contributed by atoms with van der Waals surface area (Å²) in [6, 6.07) is 0. The van der Waals surface area contributed by atoms with Gasteiger partial charge in [-0.25, -0.2) is 0 Å². The lowest BCUT2D eigenvalue weighted by molar-refractivity contribution is -0.251. The largest absolute Gasteiger partial charge is 0.353 e. The Bertz CT molecular complexity index is 397. The Morgan fingerprint density at radius 3 is 2.89 bits per heavy atom. The molecule has 0 spiro atoms. The average Bonchev–Trinajstić information content (AvgIpc) is 2.73. The predicted octanol–water partition coefficient (Wildman–Crippen LogP) is 3.11. The van der Waals surface area contributed by atoms with Crippen molar-refractivity contribution < 1.29 is 9.47 Å². The minimum Gasteiger partial charge on any atom is -0.353 e. The van der Waals surface area contributed by atoms with Gasteiger partial charge >= 0.3 is 0 Å². The summed E-state index contributed by atoms with van der Waals surface area (Å²) in [5.41, 5.74) is -0.0481. The lowest BCUT2D eigenvalue weighted by Gasteiger charge is -2.44. The fourth-order valence-corrected chi connectivity index (χ4v) is 3.02. The van der Waals surface area contributed by atoms with Crippen LogP contribution in [0, 0.1) is 0 Å². The number of halogens is 1. The van der Waals surface area contributed by atoms with Gasteiger partial charge in [0.25, 0.3) is 0 Å². The summed E-state index contributed by atoms with van der Waals surface area (Å²) in [5, 5.41) is 4.32. The van der Waals surface area contributed by atoms with Gasteiger partial charge in [0.2, 0.25) is 0 Å². The Hall–Kier alpha value is -0.390. The maximum atomic E-state index is 6.23. The van der Waals surface area contributed by atoms with E-state index in [1.807, 2.05) is 17.1 Å². The second-order valence-electron chi connectivity index (χ2n) is 5.31. The van der Waals surface area contributed by atoms with E-state index < -0.39 is 0 Å². The third-order valence-electron chi connectivity index (χ3n) is 3.84. The van der Waals surface area contributed by atoms with Crippen molar-refractivity contribution in [2.45, 2.75) is 57.0 Å². The van der Waals surface area contributed by atoms with E-state index in [1.54, 1.807) is 0 Å². The minimum absolute atomic E-state index is 0.00180. The molecule has 1 aromatic rings.